The summed E-state index contributed by atoms with van der Waals surface area (Å²) in [6, 6.07) is 0.386. The summed E-state index contributed by atoms with van der Waals surface area (Å²) in [5.74, 6) is 0. The van der Waals surface area contributed by atoms with Crippen LogP contribution >= 0.6 is 0 Å². The van der Waals surface area contributed by atoms with Gasteiger partial charge in [0.05, 0.1) is 12.3 Å². The molecule has 96 valence electrons. The van der Waals surface area contributed by atoms with Crippen molar-refractivity contribution in [1.29, 1.82) is 0 Å². The van der Waals surface area contributed by atoms with Gasteiger partial charge in [-0.15, -0.1) is 0 Å². The molecule has 1 aromatic heterocycles. The average molecular weight is 237 g/mol. The molecule has 0 spiro atoms. The second-order valence-electron chi connectivity index (χ2n) is 4.74. The Morgan fingerprint density at radius 3 is 3.24 bits per heavy atom. The Kier molecular flexibility index (Phi) is 4.57. The minimum absolute atomic E-state index is 0.386. The van der Waals surface area contributed by atoms with E-state index >= 15 is 0 Å². The highest BCUT2D eigenvalue weighted by Crippen LogP contribution is 2.16. The maximum Gasteiger partial charge on any atom is 0.0593 e. The molecule has 1 aromatic rings. The van der Waals surface area contributed by atoms with E-state index in [-0.39, 0.29) is 0 Å². The molecule has 4 heteroatoms. The lowest BCUT2D eigenvalue weighted by Gasteiger charge is -2.10. The van der Waals surface area contributed by atoms with Crippen molar-refractivity contribution < 1.29 is 4.74 Å². The zero-order chi connectivity index (χ0) is 12.1. The van der Waals surface area contributed by atoms with Crippen molar-refractivity contribution in [3.63, 3.8) is 0 Å². The van der Waals surface area contributed by atoms with E-state index in [0.29, 0.717) is 12.1 Å². The van der Waals surface area contributed by atoms with Gasteiger partial charge in [0, 0.05) is 31.0 Å². The quantitative estimate of drug-likeness (QED) is 0.823. The van der Waals surface area contributed by atoms with E-state index in [9.17, 15) is 0 Å². The molecule has 2 unspecified atom stereocenters. The second-order valence-corrected chi connectivity index (χ2v) is 4.74. The Balaban J connectivity index is 1.80. The summed E-state index contributed by atoms with van der Waals surface area (Å²) in [4.78, 5) is 0. The molecule has 1 aliphatic rings. The Labute approximate surface area is 103 Å². The van der Waals surface area contributed by atoms with Gasteiger partial charge in [-0.3, -0.25) is 4.68 Å². The third-order valence-corrected chi connectivity index (χ3v) is 3.37. The predicted molar refractivity (Wildman–Crippen MR) is 67.9 cm³/mol. The zero-order valence-corrected chi connectivity index (χ0v) is 10.9. The normalized spacial score (nSPS) is 21.9. The molecule has 0 bridgehead atoms. The number of nitrogens with one attached hydrogen (secondary N) is 1. The van der Waals surface area contributed by atoms with Crippen LogP contribution in [0.25, 0.3) is 0 Å². The lowest BCUT2D eigenvalue weighted by molar-refractivity contribution is 0.0994. The van der Waals surface area contributed by atoms with Crippen molar-refractivity contribution in [1.82, 2.24) is 15.1 Å². The summed E-state index contributed by atoms with van der Waals surface area (Å²) >= 11 is 0. The molecule has 17 heavy (non-hydrogen) atoms. The Morgan fingerprint density at radius 2 is 2.53 bits per heavy atom. The lowest BCUT2D eigenvalue weighted by Crippen LogP contribution is -2.17. The van der Waals surface area contributed by atoms with E-state index in [4.69, 9.17) is 4.74 Å². The smallest absolute Gasteiger partial charge is 0.0593 e. The summed E-state index contributed by atoms with van der Waals surface area (Å²) in [6.07, 6.45) is 8.06. The predicted octanol–water partition coefficient (Wildman–Crippen LogP) is 2.12. The molecule has 1 saturated heterocycles. The van der Waals surface area contributed by atoms with Crippen LogP contribution in [0.5, 0.6) is 0 Å². The molecule has 2 atom stereocenters. The molecule has 2 heterocycles. The van der Waals surface area contributed by atoms with Gasteiger partial charge < -0.3 is 10.1 Å². The SMILES string of the molecule is CCNC(C)c1cnn(CCC2CCCO2)c1. The first-order chi connectivity index (χ1) is 8.29. The van der Waals surface area contributed by atoms with E-state index in [2.05, 4.69) is 30.5 Å². The van der Waals surface area contributed by atoms with Crippen molar-refractivity contribution in [2.75, 3.05) is 13.2 Å². The number of aromatic nitrogens is 2. The van der Waals surface area contributed by atoms with Crippen LogP contribution in [0.4, 0.5) is 0 Å². The van der Waals surface area contributed by atoms with Gasteiger partial charge in [0.1, 0.15) is 0 Å². The molecular weight excluding hydrogens is 214 g/mol. The molecular formula is C13H23N3O. The van der Waals surface area contributed by atoms with E-state index in [0.717, 1.165) is 26.1 Å². The molecule has 1 aliphatic heterocycles. The highest BCUT2D eigenvalue weighted by molar-refractivity contribution is 5.09. The van der Waals surface area contributed by atoms with E-state index in [1.54, 1.807) is 0 Å². The first-order valence-corrected chi connectivity index (χ1v) is 6.67. The first-order valence-electron chi connectivity index (χ1n) is 6.67. The van der Waals surface area contributed by atoms with Crippen LogP contribution in [0.15, 0.2) is 12.4 Å². The Morgan fingerprint density at radius 1 is 1.65 bits per heavy atom. The molecule has 2 rings (SSSR count). The number of ether oxygens (including phenoxy) is 1. The van der Waals surface area contributed by atoms with E-state index < -0.39 is 0 Å². The summed E-state index contributed by atoms with van der Waals surface area (Å²) < 4.78 is 7.65. The highest BCUT2D eigenvalue weighted by Gasteiger charge is 2.15. The fraction of sp³-hybridized carbons (Fsp3) is 0.769. The van der Waals surface area contributed by atoms with Crippen LogP contribution in [0.3, 0.4) is 0 Å². The zero-order valence-electron chi connectivity index (χ0n) is 10.9. The van der Waals surface area contributed by atoms with Crippen molar-refractivity contribution in [2.45, 2.75) is 51.8 Å². The molecule has 4 nitrogen and oxygen atoms in total. The van der Waals surface area contributed by atoms with Crippen molar-refractivity contribution in [3.8, 4) is 0 Å². The third-order valence-electron chi connectivity index (χ3n) is 3.37. The number of hydrogen-bond donors (Lipinski definition) is 1. The topological polar surface area (TPSA) is 39.1 Å². The maximum atomic E-state index is 5.61. The summed E-state index contributed by atoms with van der Waals surface area (Å²) in [7, 11) is 0. The highest BCUT2D eigenvalue weighted by atomic mass is 16.5. The molecule has 0 saturated carbocycles. The maximum absolute atomic E-state index is 5.61. The summed E-state index contributed by atoms with van der Waals surface area (Å²) in [5.41, 5.74) is 1.26. The van der Waals surface area contributed by atoms with Gasteiger partial charge in [0.25, 0.3) is 0 Å². The molecule has 0 aromatic carbocycles. The van der Waals surface area contributed by atoms with Crippen molar-refractivity contribution >= 4 is 0 Å². The number of hydrogen-bond acceptors (Lipinski definition) is 3. The Hall–Kier alpha value is -0.870. The third kappa shape index (κ3) is 3.54. The van der Waals surface area contributed by atoms with Gasteiger partial charge in [-0.25, -0.2) is 0 Å². The van der Waals surface area contributed by atoms with Crippen LogP contribution in [0.2, 0.25) is 0 Å². The molecule has 0 radical (unpaired) electrons. The molecule has 1 N–H and O–H groups in total. The fourth-order valence-electron chi connectivity index (χ4n) is 2.30. The van der Waals surface area contributed by atoms with E-state index in [1.165, 1.54) is 18.4 Å². The summed E-state index contributed by atoms with van der Waals surface area (Å²) in [5, 5.41) is 7.80. The summed E-state index contributed by atoms with van der Waals surface area (Å²) in [6.45, 7) is 7.18. The van der Waals surface area contributed by atoms with Crippen LogP contribution < -0.4 is 5.32 Å². The van der Waals surface area contributed by atoms with E-state index in [1.807, 2.05) is 10.9 Å². The van der Waals surface area contributed by atoms with Crippen LogP contribution in [0.1, 0.15) is 44.7 Å². The van der Waals surface area contributed by atoms with Gasteiger partial charge >= 0.3 is 0 Å². The average Bonchev–Trinajstić information content (AvgIpc) is 2.98. The standard InChI is InChI=1S/C13H23N3O/c1-3-14-11(2)12-9-15-16(10-12)7-6-13-5-4-8-17-13/h9-11,13-14H,3-8H2,1-2H3. The van der Waals surface area contributed by atoms with Gasteiger partial charge in [-0.1, -0.05) is 6.92 Å². The molecule has 1 fully saturated rings. The monoisotopic (exact) mass is 237 g/mol. The second kappa shape index (κ2) is 6.17. The van der Waals surface area contributed by atoms with Crippen LogP contribution in [-0.2, 0) is 11.3 Å². The Bertz CT molecular complexity index is 331. The lowest BCUT2D eigenvalue weighted by atomic mass is 10.2. The molecule has 0 amide bonds. The van der Waals surface area contributed by atoms with Crippen LogP contribution in [-0.4, -0.2) is 29.0 Å². The number of nitrogens with zero attached hydrogens (tertiary/aromatic N) is 2. The van der Waals surface area contributed by atoms with Crippen molar-refractivity contribution in [2.24, 2.45) is 0 Å². The van der Waals surface area contributed by atoms with Crippen molar-refractivity contribution in [3.05, 3.63) is 18.0 Å². The van der Waals surface area contributed by atoms with Gasteiger partial charge in [-0.2, -0.15) is 5.10 Å². The minimum Gasteiger partial charge on any atom is -0.378 e. The van der Waals surface area contributed by atoms with Gasteiger partial charge in [0.15, 0.2) is 0 Å². The minimum atomic E-state index is 0.386. The largest absolute Gasteiger partial charge is 0.378 e. The van der Waals surface area contributed by atoms with Crippen LogP contribution in [0, 0.1) is 0 Å². The fourth-order valence-corrected chi connectivity index (χ4v) is 2.30. The van der Waals surface area contributed by atoms with Gasteiger partial charge in [-0.05, 0) is 32.7 Å². The van der Waals surface area contributed by atoms with Gasteiger partial charge in [0.2, 0.25) is 0 Å². The number of aryl methyl sites for hydroxylation is 1. The first kappa shape index (κ1) is 12.6. The molecule has 0 aliphatic carbocycles. The number of rotatable bonds is 6.